The summed E-state index contributed by atoms with van der Waals surface area (Å²) in [6.07, 6.45) is 1.62. The number of nitrogens with zero attached hydrogens (tertiary/aromatic N) is 2. The van der Waals surface area contributed by atoms with Gasteiger partial charge in [0.2, 0.25) is 5.88 Å². The lowest BCUT2D eigenvalue weighted by atomic mass is 10.2. The third-order valence-corrected chi connectivity index (χ3v) is 4.90. The van der Waals surface area contributed by atoms with Crippen molar-refractivity contribution in [3.05, 3.63) is 80.7 Å². The Morgan fingerprint density at radius 1 is 1.21 bits per heavy atom. The summed E-state index contributed by atoms with van der Waals surface area (Å²) >= 11 is 1.60. The quantitative estimate of drug-likeness (QED) is 0.422. The Hall–Kier alpha value is -3.72. The van der Waals surface area contributed by atoms with Gasteiger partial charge in [0.05, 0.1) is 10.9 Å². The highest BCUT2D eigenvalue weighted by molar-refractivity contribution is 7.07. The van der Waals surface area contributed by atoms with Gasteiger partial charge in [0.25, 0.3) is 11.5 Å². The van der Waals surface area contributed by atoms with Gasteiger partial charge in [-0.1, -0.05) is 0 Å². The fourth-order valence-electron chi connectivity index (χ4n) is 2.70. The third kappa shape index (κ3) is 4.41. The zero-order valence-corrected chi connectivity index (χ0v) is 16.0. The molecule has 29 heavy (non-hydrogen) atoms. The van der Waals surface area contributed by atoms with Crippen LogP contribution in [0.15, 0.2) is 58.1 Å². The molecule has 0 radical (unpaired) electrons. The number of fused-ring (bicyclic) bond motifs is 1. The number of carbonyl (C=O) groups is 1. The van der Waals surface area contributed by atoms with Gasteiger partial charge in [0.15, 0.2) is 5.82 Å². The van der Waals surface area contributed by atoms with Crippen LogP contribution in [0.5, 0.6) is 5.88 Å². The van der Waals surface area contributed by atoms with E-state index in [1.54, 1.807) is 41.8 Å². The van der Waals surface area contributed by atoms with E-state index in [4.69, 9.17) is 10.5 Å². The van der Waals surface area contributed by atoms with Crippen molar-refractivity contribution in [3.63, 3.8) is 0 Å². The highest BCUT2D eigenvalue weighted by Gasteiger charge is 2.12. The number of aromatic amines is 1. The summed E-state index contributed by atoms with van der Waals surface area (Å²) in [5.74, 6) is -0.0774. The Kier molecular flexibility index (Phi) is 5.21. The smallest absolute Gasteiger partial charge is 0.287 e. The Morgan fingerprint density at radius 2 is 2.10 bits per heavy atom. The molecule has 9 heteroatoms. The van der Waals surface area contributed by atoms with E-state index in [0.29, 0.717) is 29.1 Å². The highest BCUT2D eigenvalue weighted by atomic mass is 32.1. The number of nitrogen functional groups attached to an aromatic ring is 1. The largest absolute Gasteiger partial charge is 0.473 e. The number of hydrogen-bond acceptors (Lipinski definition) is 7. The molecule has 0 spiro atoms. The van der Waals surface area contributed by atoms with Crippen molar-refractivity contribution >= 4 is 33.8 Å². The summed E-state index contributed by atoms with van der Waals surface area (Å²) in [4.78, 5) is 35.5. The Labute approximate surface area is 169 Å². The fraction of sp³-hybridized carbons (Fsp3) is 0.100. The van der Waals surface area contributed by atoms with Crippen LogP contribution in [0.3, 0.4) is 0 Å². The van der Waals surface area contributed by atoms with Crippen LogP contribution in [0.2, 0.25) is 0 Å². The van der Waals surface area contributed by atoms with Gasteiger partial charge in [-0.2, -0.15) is 11.3 Å². The Balaban J connectivity index is 1.43. The van der Waals surface area contributed by atoms with E-state index in [1.807, 2.05) is 16.8 Å². The Bertz CT molecular complexity index is 1220. The van der Waals surface area contributed by atoms with Crippen LogP contribution in [-0.4, -0.2) is 20.9 Å². The summed E-state index contributed by atoms with van der Waals surface area (Å²) < 4.78 is 5.67. The molecule has 3 aromatic heterocycles. The lowest BCUT2D eigenvalue weighted by Gasteiger charge is -2.08. The number of benzene rings is 1. The molecule has 0 saturated carbocycles. The predicted octanol–water partition coefficient (Wildman–Crippen LogP) is 2.47. The van der Waals surface area contributed by atoms with Crippen molar-refractivity contribution in [2.75, 3.05) is 5.73 Å². The van der Waals surface area contributed by atoms with Crippen LogP contribution in [0.4, 0.5) is 5.69 Å². The minimum absolute atomic E-state index is 0.0599. The molecule has 1 amide bonds. The predicted molar refractivity (Wildman–Crippen MR) is 111 cm³/mol. The molecule has 8 nitrogen and oxygen atoms in total. The lowest BCUT2D eigenvalue weighted by Crippen LogP contribution is -2.27. The molecule has 0 aliphatic carbocycles. The van der Waals surface area contributed by atoms with E-state index >= 15 is 0 Å². The molecule has 0 bridgehead atoms. The number of anilines is 1. The molecule has 0 aliphatic rings. The van der Waals surface area contributed by atoms with E-state index in [9.17, 15) is 9.59 Å². The van der Waals surface area contributed by atoms with Gasteiger partial charge < -0.3 is 20.8 Å². The number of H-pyrrole nitrogens is 1. The van der Waals surface area contributed by atoms with Gasteiger partial charge in [-0.25, -0.2) is 9.97 Å². The first-order valence-electron chi connectivity index (χ1n) is 8.75. The van der Waals surface area contributed by atoms with Crippen LogP contribution in [-0.2, 0) is 13.2 Å². The van der Waals surface area contributed by atoms with Crippen LogP contribution in [0, 0.1) is 0 Å². The number of hydrogen-bond donors (Lipinski definition) is 3. The summed E-state index contributed by atoms with van der Waals surface area (Å²) in [5.41, 5.74) is 8.01. The first-order valence-corrected chi connectivity index (χ1v) is 9.69. The number of nitrogens with two attached hydrogens (primary N) is 1. The molecule has 0 aliphatic heterocycles. The van der Waals surface area contributed by atoms with Gasteiger partial charge in [-0.15, -0.1) is 0 Å². The maximum atomic E-state index is 12.4. The first-order chi connectivity index (χ1) is 14.1. The molecule has 1 aromatic carbocycles. The standard InChI is InChI=1S/C20H17N5O3S/c21-14-1-2-16-15(8-14)19(26)25-18(24-16)20(27)23-9-12-3-5-22-17(7-12)28-10-13-4-6-29-11-13/h1-8,11H,9-10,21H2,(H,23,27)(H,24,25,26). The van der Waals surface area contributed by atoms with E-state index in [2.05, 4.69) is 20.3 Å². The average Bonchev–Trinajstić information content (AvgIpc) is 3.25. The second-order valence-corrected chi connectivity index (χ2v) is 7.08. The van der Waals surface area contributed by atoms with E-state index in [1.165, 1.54) is 6.07 Å². The zero-order valence-electron chi connectivity index (χ0n) is 15.2. The second-order valence-electron chi connectivity index (χ2n) is 6.30. The van der Waals surface area contributed by atoms with Gasteiger partial charge >= 0.3 is 0 Å². The van der Waals surface area contributed by atoms with Gasteiger partial charge in [0.1, 0.15) is 6.61 Å². The maximum absolute atomic E-state index is 12.4. The molecule has 146 valence electrons. The van der Waals surface area contributed by atoms with Crippen LogP contribution in [0.25, 0.3) is 10.9 Å². The maximum Gasteiger partial charge on any atom is 0.287 e. The topological polar surface area (TPSA) is 123 Å². The zero-order chi connectivity index (χ0) is 20.2. The summed E-state index contributed by atoms with van der Waals surface area (Å²) in [5, 5.41) is 7.07. The van der Waals surface area contributed by atoms with E-state index in [0.717, 1.165) is 11.1 Å². The molecule has 0 fully saturated rings. The van der Waals surface area contributed by atoms with E-state index in [-0.39, 0.29) is 12.4 Å². The van der Waals surface area contributed by atoms with Crippen LogP contribution in [0.1, 0.15) is 21.7 Å². The number of pyridine rings is 1. The Morgan fingerprint density at radius 3 is 2.93 bits per heavy atom. The summed E-state index contributed by atoms with van der Waals surface area (Å²) in [6.45, 7) is 0.665. The second kappa shape index (κ2) is 8.11. The number of thiophene rings is 1. The van der Waals surface area contributed by atoms with Crippen molar-refractivity contribution < 1.29 is 9.53 Å². The molecule has 0 unspecified atom stereocenters. The van der Waals surface area contributed by atoms with E-state index < -0.39 is 11.5 Å². The van der Waals surface area contributed by atoms with Crippen molar-refractivity contribution in [3.8, 4) is 5.88 Å². The molecule has 3 heterocycles. The normalized spacial score (nSPS) is 10.8. The van der Waals surface area contributed by atoms with Crippen molar-refractivity contribution in [1.29, 1.82) is 0 Å². The molecule has 0 atom stereocenters. The first kappa shape index (κ1) is 18.6. The number of ether oxygens (including phenoxy) is 1. The van der Waals surface area contributed by atoms with Crippen LogP contribution < -0.4 is 21.3 Å². The molecule has 4 rings (SSSR count). The minimum atomic E-state index is -0.488. The van der Waals surface area contributed by atoms with Crippen molar-refractivity contribution in [2.24, 2.45) is 0 Å². The third-order valence-electron chi connectivity index (χ3n) is 4.16. The van der Waals surface area contributed by atoms with Gasteiger partial charge in [-0.3, -0.25) is 9.59 Å². The molecule has 4 N–H and O–H groups in total. The average molecular weight is 407 g/mol. The van der Waals surface area contributed by atoms with Crippen molar-refractivity contribution in [2.45, 2.75) is 13.2 Å². The minimum Gasteiger partial charge on any atom is -0.473 e. The van der Waals surface area contributed by atoms with Gasteiger partial charge in [-0.05, 0) is 46.7 Å². The number of nitrogens with one attached hydrogen (secondary N) is 2. The molecule has 4 aromatic rings. The number of rotatable bonds is 6. The number of carbonyl (C=O) groups excluding carboxylic acids is 1. The summed E-state index contributed by atoms with van der Waals surface area (Å²) in [7, 11) is 0. The van der Waals surface area contributed by atoms with Crippen LogP contribution >= 0.6 is 11.3 Å². The van der Waals surface area contributed by atoms with Crippen molar-refractivity contribution in [1.82, 2.24) is 20.3 Å². The monoisotopic (exact) mass is 407 g/mol. The molecular weight excluding hydrogens is 390 g/mol. The summed E-state index contributed by atoms with van der Waals surface area (Å²) in [6, 6.07) is 10.3. The highest BCUT2D eigenvalue weighted by Crippen LogP contribution is 2.14. The molecule has 0 saturated heterocycles. The van der Waals surface area contributed by atoms with Gasteiger partial charge in [0, 0.05) is 30.1 Å². The number of aromatic nitrogens is 3. The molecular formula is C20H17N5O3S. The number of amides is 1. The fourth-order valence-corrected chi connectivity index (χ4v) is 3.35. The SMILES string of the molecule is Nc1ccc2nc(C(=O)NCc3ccnc(OCc4ccsc4)c3)[nH]c(=O)c2c1. The lowest BCUT2D eigenvalue weighted by molar-refractivity contribution is 0.0940.